The van der Waals surface area contributed by atoms with Crippen molar-refractivity contribution < 1.29 is 13.2 Å². The van der Waals surface area contributed by atoms with Gasteiger partial charge in [-0.3, -0.25) is 4.79 Å². The second-order valence-corrected chi connectivity index (χ2v) is 7.36. The van der Waals surface area contributed by atoms with Crippen molar-refractivity contribution in [1.29, 1.82) is 0 Å². The number of nitrogens with zero attached hydrogens (tertiary/aromatic N) is 2. The number of nitrogens with one attached hydrogen (secondary N) is 1. The number of aromatic nitrogens is 2. The molecule has 1 saturated heterocycles. The second-order valence-electron chi connectivity index (χ2n) is 5.13. The zero-order valence-corrected chi connectivity index (χ0v) is 11.9. The van der Waals surface area contributed by atoms with Crippen LogP contribution in [0.4, 0.5) is 0 Å². The summed E-state index contributed by atoms with van der Waals surface area (Å²) in [5.74, 6) is -0.0680. The van der Waals surface area contributed by atoms with Gasteiger partial charge in [-0.05, 0) is 24.6 Å². The molecule has 7 heteroatoms. The summed E-state index contributed by atoms with van der Waals surface area (Å²) in [6.45, 7) is 0. The molecule has 1 atom stereocenters. The average Bonchev–Trinajstić information content (AvgIpc) is 2.92. The first kappa shape index (κ1) is 13.1. The molecular weight excluding hydrogens is 278 g/mol. The molecule has 106 valence electrons. The van der Waals surface area contributed by atoms with E-state index in [-0.39, 0.29) is 23.5 Å². The van der Waals surface area contributed by atoms with E-state index in [0.717, 1.165) is 11.0 Å². The topological polar surface area (TPSA) is 81.1 Å². The molecule has 0 bridgehead atoms. The zero-order valence-electron chi connectivity index (χ0n) is 11.0. The number of hydrogen-bond donors (Lipinski definition) is 1. The van der Waals surface area contributed by atoms with Crippen LogP contribution in [0.25, 0.3) is 11.0 Å². The minimum Gasteiger partial charge on any atom is -0.348 e. The number of amides is 1. The van der Waals surface area contributed by atoms with Crippen LogP contribution in [0, 0.1) is 0 Å². The first-order valence-electron chi connectivity index (χ1n) is 6.37. The molecule has 1 aliphatic rings. The molecule has 2 aromatic rings. The Kier molecular flexibility index (Phi) is 3.01. The number of carbonyl (C=O) groups is 1. The maximum atomic E-state index is 12.1. The number of rotatable bonds is 2. The SMILES string of the molecule is Cn1cnc2cc(C(=O)NC3CCS(=O)(=O)C3)ccc21. The fraction of sp³-hybridized carbons (Fsp3) is 0.385. The minimum absolute atomic E-state index is 0.0323. The molecule has 1 amide bonds. The van der Waals surface area contributed by atoms with Crippen LogP contribution in [-0.2, 0) is 16.9 Å². The molecule has 1 unspecified atom stereocenters. The molecule has 1 fully saturated rings. The maximum Gasteiger partial charge on any atom is 0.251 e. The lowest BCUT2D eigenvalue weighted by Crippen LogP contribution is -2.35. The summed E-state index contributed by atoms with van der Waals surface area (Å²) in [7, 11) is -1.10. The van der Waals surface area contributed by atoms with Gasteiger partial charge in [0.05, 0.1) is 28.9 Å². The summed E-state index contributed by atoms with van der Waals surface area (Å²) >= 11 is 0. The van der Waals surface area contributed by atoms with Crippen LogP contribution in [0.3, 0.4) is 0 Å². The Morgan fingerprint density at radius 1 is 1.45 bits per heavy atom. The van der Waals surface area contributed by atoms with Crippen molar-refractivity contribution in [3.63, 3.8) is 0 Å². The molecule has 1 aromatic heterocycles. The van der Waals surface area contributed by atoms with E-state index in [1.54, 1.807) is 18.5 Å². The van der Waals surface area contributed by atoms with Gasteiger partial charge in [0.1, 0.15) is 0 Å². The van der Waals surface area contributed by atoms with E-state index in [9.17, 15) is 13.2 Å². The fourth-order valence-corrected chi connectivity index (χ4v) is 4.13. The van der Waals surface area contributed by atoms with Crippen LogP contribution in [-0.4, -0.2) is 41.4 Å². The van der Waals surface area contributed by atoms with Gasteiger partial charge in [0.25, 0.3) is 5.91 Å². The van der Waals surface area contributed by atoms with Gasteiger partial charge in [-0.2, -0.15) is 0 Å². The van der Waals surface area contributed by atoms with E-state index in [4.69, 9.17) is 0 Å². The number of imidazole rings is 1. The quantitative estimate of drug-likeness (QED) is 0.874. The maximum absolute atomic E-state index is 12.1. The molecule has 0 radical (unpaired) electrons. The molecule has 0 spiro atoms. The molecule has 1 N–H and O–H groups in total. The number of aryl methyl sites for hydroxylation is 1. The Balaban J connectivity index is 1.79. The van der Waals surface area contributed by atoms with Crippen LogP contribution in [0.5, 0.6) is 0 Å². The third kappa shape index (κ3) is 2.40. The third-order valence-corrected chi connectivity index (χ3v) is 5.32. The van der Waals surface area contributed by atoms with Gasteiger partial charge in [0.2, 0.25) is 0 Å². The van der Waals surface area contributed by atoms with Gasteiger partial charge in [-0.15, -0.1) is 0 Å². The average molecular weight is 293 g/mol. The first-order valence-corrected chi connectivity index (χ1v) is 8.19. The number of fused-ring (bicyclic) bond motifs is 1. The summed E-state index contributed by atoms with van der Waals surface area (Å²) in [6, 6.07) is 4.99. The van der Waals surface area contributed by atoms with Gasteiger partial charge >= 0.3 is 0 Å². The van der Waals surface area contributed by atoms with Crippen LogP contribution in [0.15, 0.2) is 24.5 Å². The lowest BCUT2D eigenvalue weighted by atomic mass is 10.1. The number of carbonyl (C=O) groups excluding carboxylic acids is 1. The van der Waals surface area contributed by atoms with Crippen molar-refractivity contribution in [2.45, 2.75) is 12.5 Å². The van der Waals surface area contributed by atoms with Gasteiger partial charge in [-0.25, -0.2) is 13.4 Å². The zero-order chi connectivity index (χ0) is 14.3. The predicted octanol–water partition coefficient (Wildman–Crippen LogP) is 0.490. The van der Waals surface area contributed by atoms with Crippen LogP contribution in [0.1, 0.15) is 16.8 Å². The Morgan fingerprint density at radius 2 is 2.25 bits per heavy atom. The highest BCUT2D eigenvalue weighted by atomic mass is 32.2. The van der Waals surface area contributed by atoms with Gasteiger partial charge in [-0.1, -0.05) is 0 Å². The van der Waals surface area contributed by atoms with Crippen molar-refractivity contribution in [2.75, 3.05) is 11.5 Å². The molecule has 1 aliphatic heterocycles. The van der Waals surface area contributed by atoms with E-state index < -0.39 is 9.84 Å². The van der Waals surface area contributed by atoms with Crippen molar-refractivity contribution in [3.8, 4) is 0 Å². The Labute approximate surface area is 116 Å². The summed E-state index contributed by atoms with van der Waals surface area (Å²) in [6.07, 6.45) is 2.18. The molecule has 0 saturated carbocycles. The van der Waals surface area contributed by atoms with E-state index in [0.29, 0.717) is 12.0 Å². The molecular formula is C13H15N3O3S. The van der Waals surface area contributed by atoms with Crippen molar-refractivity contribution in [1.82, 2.24) is 14.9 Å². The van der Waals surface area contributed by atoms with Crippen molar-refractivity contribution in [2.24, 2.45) is 7.05 Å². The Bertz CT molecular complexity index is 779. The monoisotopic (exact) mass is 293 g/mol. The summed E-state index contributed by atoms with van der Waals surface area (Å²) in [5, 5.41) is 2.77. The first-order chi connectivity index (χ1) is 9.44. The van der Waals surface area contributed by atoms with E-state index >= 15 is 0 Å². The van der Waals surface area contributed by atoms with Crippen LogP contribution < -0.4 is 5.32 Å². The van der Waals surface area contributed by atoms with Gasteiger partial charge in [0.15, 0.2) is 9.84 Å². The Hall–Kier alpha value is -1.89. The van der Waals surface area contributed by atoms with E-state index in [2.05, 4.69) is 10.3 Å². The lowest BCUT2D eigenvalue weighted by molar-refractivity contribution is 0.0941. The Morgan fingerprint density at radius 3 is 2.95 bits per heavy atom. The normalized spacial score (nSPS) is 21.1. The standard InChI is InChI=1S/C13H15N3O3S/c1-16-8-14-11-6-9(2-3-12(11)16)13(17)15-10-4-5-20(18,19)7-10/h2-3,6,8,10H,4-5,7H2,1H3,(H,15,17). The number of benzene rings is 1. The summed E-state index contributed by atoms with van der Waals surface area (Å²) in [5.41, 5.74) is 2.20. The highest BCUT2D eigenvalue weighted by molar-refractivity contribution is 7.91. The lowest BCUT2D eigenvalue weighted by Gasteiger charge is -2.10. The van der Waals surface area contributed by atoms with Gasteiger partial charge in [0, 0.05) is 18.7 Å². The third-order valence-electron chi connectivity index (χ3n) is 3.56. The smallest absolute Gasteiger partial charge is 0.251 e. The predicted molar refractivity (Wildman–Crippen MR) is 75.2 cm³/mol. The molecule has 3 rings (SSSR count). The van der Waals surface area contributed by atoms with Crippen molar-refractivity contribution in [3.05, 3.63) is 30.1 Å². The molecule has 20 heavy (non-hydrogen) atoms. The minimum atomic E-state index is -2.99. The van der Waals surface area contributed by atoms with Crippen LogP contribution >= 0.6 is 0 Å². The van der Waals surface area contributed by atoms with E-state index in [1.165, 1.54) is 0 Å². The van der Waals surface area contributed by atoms with Gasteiger partial charge < -0.3 is 9.88 Å². The molecule has 1 aromatic carbocycles. The largest absolute Gasteiger partial charge is 0.348 e. The number of sulfone groups is 1. The fourth-order valence-electron chi connectivity index (χ4n) is 2.45. The summed E-state index contributed by atoms with van der Waals surface area (Å²) in [4.78, 5) is 16.3. The molecule has 0 aliphatic carbocycles. The summed E-state index contributed by atoms with van der Waals surface area (Å²) < 4.78 is 24.6. The van der Waals surface area contributed by atoms with Crippen LogP contribution in [0.2, 0.25) is 0 Å². The highest BCUT2D eigenvalue weighted by Crippen LogP contribution is 2.15. The number of hydrogen-bond acceptors (Lipinski definition) is 4. The second kappa shape index (κ2) is 4.59. The highest BCUT2D eigenvalue weighted by Gasteiger charge is 2.29. The van der Waals surface area contributed by atoms with Crippen molar-refractivity contribution >= 4 is 26.8 Å². The van der Waals surface area contributed by atoms with E-state index in [1.807, 2.05) is 17.7 Å². The molecule has 2 heterocycles. The molecule has 6 nitrogen and oxygen atoms in total.